The number of hydrogen-bond acceptors (Lipinski definition) is 4. The highest BCUT2D eigenvalue weighted by molar-refractivity contribution is 5.77. The molecule has 138 valence electrons. The summed E-state index contributed by atoms with van der Waals surface area (Å²) in [7, 11) is 0. The molecule has 2 heterocycles. The van der Waals surface area contributed by atoms with Gasteiger partial charge in [0, 0.05) is 19.7 Å². The van der Waals surface area contributed by atoms with Crippen molar-refractivity contribution in [3.8, 4) is 0 Å². The molecule has 1 aliphatic carbocycles. The molecule has 0 radical (unpaired) electrons. The maximum Gasteiger partial charge on any atom is 0.248 e. The molecular formula is C19H33NO4. The van der Waals surface area contributed by atoms with E-state index in [1.54, 1.807) is 0 Å². The average molecular weight is 339 g/mol. The minimum absolute atomic E-state index is 0.109. The number of rotatable bonds is 6. The fraction of sp³-hybridized carbons (Fsp3) is 0.947. The van der Waals surface area contributed by atoms with Crippen LogP contribution in [0.15, 0.2) is 0 Å². The topological polar surface area (TPSA) is 48.0 Å². The molecule has 1 amide bonds. The van der Waals surface area contributed by atoms with Crippen LogP contribution in [-0.2, 0) is 19.0 Å². The highest BCUT2D eigenvalue weighted by Crippen LogP contribution is 2.28. The lowest BCUT2D eigenvalue weighted by molar-refractivity contribution is -0.141. The summed E-state index contributed by atoms with van der Waals surface area (Å²) in [6.07, 6.45) is 10.1. The molecule has 0 spiro atoms. The number of nitrogens with zero attached hydrogens (tertiary/aromatic N) is 1. The Bertz CT molecular complexity index is 381. The molecule has 0 aromatic rings. The van der Waals surface area contributed by atoms with Gasteiger partial charge in [-0.25, -0.2) is 0 Å². The summed E-state index contributed by atoms with van der Waals surface area (Å²) < 4.78 is 17.3. The van der Waals surface area contributed by atoms with Crippen LogP contribution in [-0.4, -0.2) is 62.0 Å². The number of hydrogen-bond donors (Lipinski definition) is 0. The van der Waals surface area contributed by atoms with Crippen LogP contribution in [0.2, 0.25) is 0 Å². The minimum Gasteiger partial charge on any atom is -0.376 e. The fourth-order valence-electron chi connectivity index (χ4n) is 4.02. The van der Waals surface area contributed by atoms with Gasteiger partial charge in [-0.05, 0) is 57.3 Å². The second kappa shape index (κ2) is 9.16. The zero-order chi connectivity index (χ0) is 16.8. The molecule has 3 aliphatic rings. The third-order valence-electron chi connectivity index (χ3n) is 5.70. The standard InChI is InChI=1S/C19H33NO4/c1-15-4-6-16(7-5-15)24-17-8-10-20(11-9-17)19(21)14-22-13-18-3-2-12-23-18/h15-18H,2-14H2,1H3/t15?,16?,18-/m1/s1. The summed E-state index contributed by atoms with van der Waals surface area (Å²) in [6.45, 7) is 5.50. The van der Waals surface area contributed by atoms with Crippen molar-refractivity contribution in [1.29, 1.82) is 0 Å². The molecule has 2 saturated heterocycles. The van der Waals surface area contributed by atoms with Crippen LogP contribution in [0.3, 0.4) is 0 Å². The van der Waals surface area contributed by atoms with Crippen LogP contribution in [0.1, 0.15) is 58.3 Å². The summed E-state index contributed by atoms with van der Waals surface area (Å²) in [5.41, 5.74) is 0. The maximum absolute atomic E-state index is 12.2. The Hall–Kier alpha value is -0.650. The van der Waals surface area contributed by atoms with E-state index in [4.69, 9.17) is 14.2 Å². The van der Waals surface area contributed by atoms with Gasteiger partial charge in [0.05, 0.1) is 24.9 Å². The Morgan fingerprint density at radius 3 is 2.42 bits per heavy atom. The maximum atomic E-state index is 12.2. The number of carbonyl (C=O) groups is 1. The Morgan fingerprint density at radius 2 is 1.75 bits per heavy atom. The summed E-state index contributed by atoms with van der Waals surface area (Å²) in [6, 6.07) is 0. The Kier molecular flexibility index (Phi) is 6.93. The molecule has 0 N–H and O–H groups in total. The zero-order valence-corrected chi connectivity index (χ0v) is 15.1. The first-order chi connectivity index (χ1) is 11.7. The van der Waals surface area contributed by atoms with Gasteiger partial charge in [-0.1, -0.05) is 6.92 Å². The largest absolute Gasteiger partial charge is 0.376 e. The lowest BCUT2D eigenvalue weighted by Crippen LogP contribution is -2.43. The van der Waals surface area contributed by atoms with Gasteiger partial charge in [-0.3, -0.25) is 4.79 Å². The van der Waals surface area contributed by atoms with E-state index in [1.807, 2.05) is 4.90 Å². The van der Waals surface area contributed by atoms with Crippen LogP contribution >= 0.6 is 0 Å². The first kappa shape index (κ1) is 18.2. The summed E-state index contributed by atoms with van der Waals surface area (Å²) in [5, 5.41) is 0. The lowest BCUT2D eigenvalue weighted by Gasteiger charge is -2.35. The molecule has 3 rings (SSSR count). The van der Waals surface area contributed by atoms with Gasteiger partial charge >= 0.3 is 0 Å². The summed E-state index contributed by atoms with van der Waals surface area (Å²) in [4.78, 5) is 14.2. The second-order valence-electron chi connectivity index (χ2n) is 7.75. The second-order valence-corrected chi connectivity index (χ2v) is 7.75. The zero-order valence-electron chi connectivity index (χ0n) is 15.1. The van der Waals surface area contributed by atoms with Gasteiger partial charge in [-0.15, -0.1) is 0 Å². The average Bonchev–Trinajstić information content (AvgIpc) is 3.11. The molecule has 1 atom stereocenters. The predicted molar refractivity (Wildman–Crippen MR) is 91.9 cm³/mol. The normalized spacial score (nSPS) is 32.2. The molecule has 1 saturated carbocycles. The van der Waals surface area contributed by atoms with E-state index < -0.39 is 0 Å². The Labute approximate surface area is 146 Å². The first-order valence-electron chi connectivity index (χ1n) is 9.83. The first-order valence-corrected chi connectivity index (χ1v) is 9.83. The van der Waals surface area contributed by atoms with E-state index in [1.165, 1.54) is 25.7 Å². The number of likely N-dealkylation sites (tertiary alicyclic amines) is 1. The minimum atomic E-state index is 0.109. The smallest absolute Gasteiger partial charge is 0.248 e. The lowest BCUT2D eigenvalue weighted by atomic mass is 9.88. The molecule has 0 unspecified atom stereocenters. The highest BCUT2D eigenvalue weighted by Gasteiger charge is 2.27. The summed E-state index contributed by atoms with van der Waals surface area (Å²) in [5.74, 6) is 0.969. The van der Waals surface area contributed by atoms with Gasteiger partial charge in [-0.2, -0.15) is 0 Å². The van der Waals surface area contributed by atoms with Crippen molar-refractivity contribution >= 4 is 5.91 Å². The van der Waals surface area contributed by atoms with E-state index >= 15 is 0 Å². The summed E-state index contributed by atoms with van der Waals surface area (Å²) >= 11 is 0. The van der Waals surface area contributed by atoms with Crippen LogP contribution in [0, 0.1) is 5.92 Å². The van der Waals surface area contributed by atoms with Gasteiger partial charge in [0.2, 0.25) is 5.91 Å². The molecule has 5 nitrogen and oxygen atoms in total. The Balaban J connectivity index is 1.28. The van der Waals surface area contributed by atoms with Crippen molar-refractivity contribution in [2.24, 2.45) is 5.92 Å². The molecule has 5 heteroatoms. The van der Waals surface area contributed by atoms with Gasteiger partial charge in [0.25, 0.3) is 0 Å². The van der Waals surface area contributed by atoms with E-state index in [9.17, 15) is 4.79 Å². The molecule has 3 fully saturated rings. The van der Waals surface area contributed by atoms with Crippen molar-refractivity contribution < 1.29 is 19.0 Å². The van der Waals surface area contributed by atoms with Crippen LogP contribution in [0.25, 0.3) is 0 Å². The van der Waals surface area contributed by atoms with Crippen molar-refractivity contribution in [3.05, 3.63) is 0 Å². The van der Waals surface area contributed by atoms with E-state index in [0.29, 0.717) is 18.8 Å². The number of ether oxygens (including phenoxy) is 3. The van der Waals surface area contributed by atoms with Crippen LogP contribution in [0.5, 0.6) is 0 Å². The van der Waals surface area contributed by atoms with Crippen molar-refractivity contribution in [1.82, 2.24) is 4.90 Å². The van der Waals surface area contributed by atoms with Crippen molar-refractivity contribution in [3.63, 3.8) is 0 Å². The molecular weight excluding hydrogens is 306 g/mol. The number of piperidine rings is 1. The van der Waals surface area contributed by atoms with E-state index in [0.717, 1.165) is 51.3 Å². The SMILES string of the molecule is CC1CCC(OC2CCN(C(=O)COC[C@H]3CCCO3)CC2)CC1. The van der Waals surface area contributed by atoms with Crippen molar-refractivity contribution in [2.45, 2.75) is 76.6 Å². The monoisotopic (exact) mass is 339 g/mol. The van der Waals surface area contributed by atoms with Crippen LogP contribution < -0.4 is 0 Å². The van der Waals surface area contributed by atoms with E-state index in [-0.39, 0.29) is 18.6 Å². The van der Waals surface area contributed by atoms with Crippen molar-refractivity contribution in [2.75, 3.05) is 32.9 Å². The quantitative estimate of drug-likeness (QED) is 0.746. The molecule has 2 aliphatic heterocycles. The van der Waals surface area contributed by atoms with Gasteiger partial charge in [0.15, 0.2) is 0 Å². The van der Waals surface area contributed by atoms with Crippen LogP contribution in [0.4, 0.5) is 0 Å². The highest BCUT2D eigenvalue weighted by atomic mass is 16.5. The number of amides is 1. The molecule has 0 aromatic heterocycles. The molecule has 0 aromatic carbocycles. The third kappa shape index (κ3) is 5.43. The Morgan fingerprint density at radius 1 is 1.04 bits per heavy atom. The van der Waals surface area contributed by atoms with Gasteiger partial charge in [0.1, 0.15) is 6.61 Å². The number of carbonyl (C=O) groups excluding carboxylic acids is 1. The third-order valence-corrected chi connectivity index (χ3v) is 5.70. The fourth-order valence-corrected chi connectivity index (χ4v) is 4.02. The predicted octanol–water partition coefficient (Wildman–Crippen LogP) is 2.77. The van der Waals surface area contributed by atoms with Gasteiger partial charge < -0.3 is 19.1 Å². The molecule has 0 bridgehead atoms. The van der Waals surface area contributed by atoms with E-state index in [2.05, 4.69) is 6.92 Å². The molecule has 24 heavy (non-hydrogen) atoms.